The van der Waals surface area contributed by atoms with Crippen LogP contribution in [0.3, 0.4) is 0 Å². The van der Waals surface area contributed by atoms with Crippen LogP contribution in [-0.2, 0) is 10.8 Å². The maximum Gasteiger partial charge on any atom is 0.0164 e. The molecule has 2 aromatic rings. The van der Waals surface area contributed by atoms with Crippen molar-refractivity contribution in [3.63, 3.8) is 0 Å². The molecule has 0 saturated carbocycles. The zero-order valence-electron chi connectivity index (χ0n) is 17.7. The summed E-state index contributed by atoms with van der Waals surface area (Å²) < 4.78 is 0. The quantitative estimate of drug-likeness (QED) is 0.523. The molecule has 0 spiro atoms. The summed E-state index contributed by atoms with van der Waals surface area (Å²) in [6.07, 6.45) is 3.42. The Hall–Kier alpha value is -1.82. The van der Waals surface area contributed by atoms with E-state index in [-0.39, 0.29) is 10.8 Å². The van der Waals surface area contributed by atoms with E-state index in [1.807, 2.05) is 0 Å². The molecule has 1 radical (unpaired) electrons. The van der Waals surface area contributed by atoms with Gasteiger partial charge >= 0.3 is 0 Å². The lowest BCUT2D eigenvalue weighted by Crippen LogP contribution is -2.16. The van der Waals surface area contributed by atoms with Gasteiger partial charge in [0, 0.05) is 6.42 Å². The van der Waals surface area contributed by atoms with Crippen molar-refractivity contribution >= 4 is 5.57 Å². The third kappa shape index (κ3) is 3.39. The standard InChI is InChI=1S/C26H33/c1-9-22-17(2)13-18-11-10-12-23(24(18)22)19-14-20(25(3,4)5)16-21(15-19)26(6,7)8/h10-16H,9H2,1-8H3. The van der Waals surface area contributed by atoms with Gasteiger partial charge in [-0.15, -0.1) is 0 Å². The summed E-state index contributed by atoms with van der Waals surface area (Å²) in [7, 11) is 0. The minimum absolute atomic E-state index is 0.138. The highest BCUT2D eigenvalue weighted by atomic mass is 14.3. The second kappa shape index (κ2) is 6.41. The van der Waals surface area contributed by atoms with E-state index in [2.05, 4.69) is 98.2 Å². The molecule has 0 bridgehead atoms. The first-order valence-corrected chi connectivity index (χ1v) is 9.86. The normalized spacial score (nSPS) is 14.8. The molecule has 3 rings (SSSR count). The summed E-state index contributed by atoms with van der Waals surface area (Å²) in [6, 6.07) is 14.0. The van der Waals surface area contributed by atoms with Gasteiger partial charge in [0.05, 0.1) is 0 Å². The van der Waals surface area contributed by atoms with Crippen LogP contribution in [0.1, 0.15) is 84.1 Å². The van der Waals surface area contributed by atoms with Gasteiger partial charge in [-0.25, -0.2) is 0 Å². The van der Waals surface area contributed by atoms with Crippen LogP contribution in [0.4, 0.5) is 0 Å². The molecule has 0 aromatic heterocycles. The van der Waals surface area contributed by atoms with E-state index in [9.17, 15) is 0 Å². The topological polar surface area (TPSA) is 0 Å². The van der Waals surface area contributed by atoms with Gasteiger partial charge in [0.1, 0.15) is 0 Å². The summed E-state index contributed by atoms with van der Waals surface area (Å²) in [5, 5.41) is 0. The lowest BCUT2D eigenvalue weighted by molar-refractivity contribution is 0.569. The van der Waals surface area contributed by atoms with Crippen molar-refractivity contribution in [3.05, 3.63) is 70.6 Å². The second-order valence-electron chi connectivity index (χ2n) is 9.73. The molecule has 0 heterocycles. The maximum atomic E-state index is 2.41. The molecule has 0 amide bonds. The van der Waals surface area contributed by atoms with E-state index < -0.39 is 0 Å². The molecule has 0 fully saturated rings. The molecule has 0 saturated heterocycles. The molecule has 2 aromatic carbocycles. The van der Waals surface area contributed by atoms with Crippen LogP contribution in [0.15, 0.2) is 42.0 Å². The van der Waals surface area contributed by atoms with Gasteiger partial charge in [0.2, 0.25) is 0 Å². The Morgan fingerprint density at radius 3 is 1.88 bits per heavy atom. The fourth-order valence-corrected chi connectivity index (χ4v) is 3.89. The number of allylic oxidation sites excluding steroid dienone is 2. The Bertz CT molecular complexity index is 832. The second-order valence-corrected chi connectivity index (χ2v) is 9.73. The molecule has 0 atom stereocenters. The average molecular weight is 346 g/mol. The molecule has 0 unspecified atom stereocenters. The lowest BCUT2D eigenvalue weighted by atomic mass is 9.78. The largest absolute Gasteiger partial charge is 0.0613 e. The predicted octanol–water partition coefficient (Wildman–Crippen LogP) is 7.70. The molecular weight excluding hydrogens is 312 g/mol. The molecule has 26 heavy (non-hydrogen) atoms. The summed E-state index contributed by atoms with van der Waals surface area (Å²) >= 11 is 0. The predicted molar refractivity (Wildman–Crippen MR) is 116 cm³/mol. The average Bonchev–Trinajstić information content (AvgIpc) is 2.87. The number of fused-ring (bicyclic) bond motifs is 1. The fraction of sp³-hybridized carbons (Fsp3) is 0.423. The van der Waals surface area contributed by atoms with Crippen LogP contribution in [-0.4, -0.2) is 0 Å². The van der Waals surface area contributed by atoms with Crippen molar-refractivity contribution in [2.24, 2.45) is 0 Å². The first-order chi connectivity index (χ1) is 12.0. The Labute approximate surface area is 160 Å². The molecule has 0 heteroatoms. The Morgan fingerprint density at radius 2 is 1.38 bits per heavy atom. The van der Waals surface area contributed by atoms with Crippen LogP contribution in [0, 0.1) is 6.42 Å². The highest BCUT2D eigenvalue weighted by Gasteiger charge is 2.25. The minimum Gasteiger partial charge on any atom is -0.0613 e. The van der Waals surface area contributed by atoms with Crippen molar-refractivity contribution in [2.45, 2.75) is 72.6 Å². The van der Waals surface area contributed by atoms with E-state index >= 15 is 0 Å². The summed E-state index contributed by atoms with van der Waals surface area (Å²) in [5.41, 5.74) is 11.6. The Morgan fingerprint density at radius 1 is 0.808 bits per heavy atom. The van der Waals surface area contributed by atoms with E-state index in [4.69, 9.17) is 0 Å². The van der Waals surface area contributed by atoms with Crippen molar-refractivity contribution in [2.75, 3.05) is 0 Å². The first-order valence-electron chi connectivity index (χ1n) is 9.86. The van der Waals surface area contributed by atoms with Crippen LogP contribution in [0.2, 0.25) is 0 Å². The molecule has 137 valence electrons. The monoisotopic (exact) mass is 345 g/mol. The molecule has 1 aliphatic carbocycles. The summed E-state index contributed by atoms with van der Waals surface area (Å²) in [6.45, 7) is 18.4. The van der Waals surface area contributed by atoms with Crippen LogP contribution in [0.5, 0.6) is 0 Å². The molecule has 1 aliphatic rings. The van der Waals surface area contributed by atoms with E-state index in [1.165, 1.54) is 44.5 Å². The third-order valence-electron chi connectivity index (χ3n) is 5.58. The van der Waals surface area contributed by atoms with Crippen molar-refractivity contribution in [3.8, 4) is 11.1 Å². The fourth-order valence-electron chi connectivity index (χ4n) is 3.89. The van der Waals surface area contributed by atoms with Gasteiger partial charge in [0.25, 0.3) is 0 Å². The molecule has 0 nitrogen and oxygen atoms in total. The van der Waals surface area contributed by atoms with Crippen molar-refractivity contribution in [1.29, 1.82) is 0 Å². The molecule has 0 aliphatic heterocycles. The van der Waals surface area contributed by atoms with E-state index in [1.54, 1.807) is 0 Å². The number of benzene rings is 2. The lowest BCUT2D eigenvalue weighted by Gasteiger charge is -2.27. The van der Waals surface area contributed by atoms with Crippen LogP contribution in [0.25, 0.3) is 16.7 Å². The first kappa shape index (κ1) is 19.0. The van der Waals surface area contributed by atoms with Gasteiger partial charge in [0.15, 0.2) is 0 Å². The van der Waals surface area contributed by atoms with Crippen molar-refractivity contribution < 1.29 is 0 Å². The van der Waals surface area contributed by atoms with Gasteiger partial charge in [-0.2, -0.15) is 0 Å². The summed E-state index contributed by atoms with van der Waals surface area (Å²) in [5.74, 6) is 0. The van der Waals surface area contributed by atoms with Gasteiger partial charge in [-0.1, -0.05) is 90.4 Å². The van der Waals surface area contributed by atoms with Crippen LogP contribution < -0.4 is 0 Å². The molecular formula is C26H33. The maximum absolute atomic E-state index is 2.41. The van der Waals surface area contributed by atoms with Gasteiger partial charge in [-0.05, 0) is 63.1 Å². The van der Waals surface area contributed by atoms with Crippen LogP contribution >= 0.6 is 0 Å². The minimum atomic E-state index is 0.138. The zero-order valence-corrected chi connectivity index (χ0v) is 17.7. The number of hydrogen-bond donors (Lipinski definition) is 0. The van der Waals surface area contributed by atoms with Gasteiger partial charge in [-0.3, -0.25) is 0 Å². The van der Waals surface area contributed by atoms with Gasteiger partial charge < -0.3 is 0 Å². The SMILES string of the molecule is CCC1=C(C)[CH]c2cccc(-c3cc(C(C)(C)C)cc(C(C)(C)C)c3)c21. The smallest absolute Gasteiger partial charge is 0.0164 e. The highest BCUT2D eigenvalue weighted by Crippen LogP contribution is 2.43. The molecule has 0 N–H and O–H groups in total. The zero-order chi connectivity index (χ0) is 19.3. The number of rotatable bonds is 2. The van der Waals surface area contributed by atoms with E-state index in [0.29, 0.717) is 0 Å². The third-order valence-corrected chi connectivity index (χ3v) is 5.58. The summed E-state index contributed by atoms with van der Waals surface area (Å²) in [4.78, 5) is 0. The Balaban J connectivity index is 2.28. The Kier molecular flexibility index (Phi) is 4.67. The number of hydrogen-bond acceptors (Lipinski definition) is 0. The van der Waals surface area contributed by atoms with E-state index in [0.717, 1.165) is 6.42 Å². The van der Waals surface area contributed by atoms with Crippen molar-refractivity contribution in [1.82, 2.24) is 0 Å². The highest BCUT2D eigenvalue weighted by molar-refractivity contribution is 5.90.